The first kappa shape index (κ1) is 13.7. The first-order chi connectivity index (χ1) is 8.19. The summed E-state index contributed by atoms with van der Waals surface area (Å²) in [7, 11) is 1.64. The van der Waals surface area contributed by atoms with Crippen LogP contribution in [0.2, 0.25) is 0 Å². The molecule has 0 aliphatic rings. The fourth-order valence-electron chi connectivity index (χ4n) is 1.42. The Kier molecular flexibility index (Phi) is 5.73. The zero-order chi connectivity index (χ0) is 12.7. The first-order valence-corrected chi connectivity index (χ1v) is 6.00. The quantitative estimate of drug-likeness (QED) is 0.866. The van der Waals surface area contributed by atoms with E-state index in [0.29, 0.717) is 37.6 Å². The fraction of sp³-hybridized carbons (Fsp3) is 0.455. The third kappa shape index (κ3) is 4.21. The number of methoxy groups -OCH3 is 1. The molecular formula is C11H15BrN4O. The van der Waals surface area contributed by atoms with Gasteiger partial charge < -0.3 is 15.4 Å². The van der Waals surface area contributed by atoms with Crippen molar-refractivity contribution in [1.82, 2.24) is 4.98 Å². The summed E-state index contributed by atoms with van der Waals surface area (Å²) in [5.41, 5.74) is 6.50. The molecule has 2 N–H and O–H groups in total. The van der Waals surface area contributed by atoms with Crippen LogP contribution in [0, 0.1) is 11.3 Å². The van der Waals surface area contributed by atoms with Gasteiger partial charge in [0, 0.05) is 30.9 Å². The lowest BCUT2D eigenvalue weighted by atomic mass is 10.3. The number of pyridine rings is 1. The number of nitrogens with two attached hydrogens (primary N) is 1. The molecule has 0 aliphatic heterocycles. The van der Waals surface area contributed by atoms with Crippen molar-refractivity contribution in [3.05, 3.63) is 16.7 Å². The third-order valence-electron chi connectivity index (χ3n) is 2.22. The number of anilines is 2. The highest BCUT2D eigenvalue weighted by atomic mass is 79.9. The van der Waals surface area contributed by atoms with Crippen LogP contribution in [-0.4, -0.2) is 31.8 Å². The van der Waals surface area contributed by atoms with Gasteiger partial charge in [-0.3, -0.25) is 0 Å². The van der Waals surface area contributed by atoms with E-state index in [1.54, 1.807) is 19.4 Å². The number of hydrogen-bond acceptors (Lipinski definition) is 5. The van der Waals surface area contributed by atoms with Crippen molar-refractivity contribution in [2.24, 2.45) is 0 Å². The Morgan fingerprint density at radius 1 is 1.59 bits per heavy atom. The minimum absolute atomic E-state index is 0.431. The summed E-state index contributed by atoms with van der Waals surface area (Å²) in [6, 6.07) is 3.91. The maximum absolute atomic E-state index is 8.63. The smallest absolute Gasteiger partial charge is 0.151 e. The second-order valence-corrected chi connectivity index (χ2v) is 4.37. The van der Waals surface area contributed by atoms with Crippen LogP contribution in [0.1, 0.15) is 6.42 Å². The number of ether oxygens (including phenoxy) is 1. The SMILES string of the molecule is COCCN(CCC#N)c1ncc(Br)cc1N. The molecule has 0 atom stereocenters. The Morgan fingerprint density at radius 2 is 2.35 bits per heavy atom. The molecule has 5 nitrogen and oxygen atoms in total. The van der Waals surface area contributed by atoms with E-state index in [1.807, 2.05) is 4.90 Å². The minimum Gasteiger partial charge on any atom is -0.396 e. The molecule has 92 valence electrons. The summed E-state index contributed by atoms with van der Waals surface area (Å²) in [4.78, 5) is 6.23. The van der Waals surface area contributed by atoms with Crippen LogP contribution in [0.15, 0.2) is 16.7 Å². The Balaban J connectivity index is 2.83. The average Bonchev–Trinajstić information content (AvgIpc) is 2.30. The van der Waals surface area contributed by atoms with Crippen molar-refractivity contribution in [2.45, 2.75) is 6.42 Å². The maximum Gasteiger partial charge on any atom is 0.151 e. The van der Waals surface area contributed by atoms with Gasteiger partial charge in [0.15, 0.2) is 5.82 Å². The number of rotatable bonds is 6. The Hall–Kier alpha value is -1.32. The predicted octanol–water partition coefficient (Wildman–Crippen LogP) is 1.79. The molecule has 1 aromatic heterocycles. The lowest BCUT2D eigenvalue weighted by Crippen LogP contribution is -2.29. The summed E-state index contributed by atoms with van der Waals surface area (Å²) in [5.74, 6) is 0.695. The Bertz CT molecular complexity index is 405. The van der Waals surface area contributed by atoms with Crippen molar-refractivity contribution in [3.8, 4) is 6.07 Å². The van der Waals surface area contributed by atoms with Crippen molar-refractivity contribution in [3.63, 3.8) is 0 Å². The van der Waals surface area contributed by atoms with E-state index in [2.05, 4.69) is 27.0 Å². The number of nitrogen functional groups attached to an aromatic ring is 1. The van der Waals surface area contributed by atoms with Gasteiger partial charge in [0.05, 0.1) is 24.8 Å². The van der Waals surface area contributed by atoms with Gasteiger partial charge in [-0.15, -0.1) is 0 Å². The zero-order valence-corrected chi connectivity index (χ0v) is 11.3. The molecule has 1 heterocycles. The lowest BCUT2D eigenvalue weighted by molar-refractivity contribution is 0.205. The first-order valence-electron chi connectivity index (χ1n) is 5.21. The second kappa shape index (κ2) is 7.09. The number of nitrogens with zero attached hydrogens (tertiary/aromatic N) is 3. The van der Waals surface area contributed by atoms with E-state index in [4.69, 9.17) is 15.7 Å². The molecule has 0 amide bonds. The molecule has 17 heavy (non-hydrogen) atoms. The molecular weight excluding hydrogens is 284 g/mol. The van der Waals surface area contributed by atoms with Gasteiger partial charge in [0.25, 0.3) is 0 Å². The predicted molar refractivity (Wildman–Crippen MR) is 70.7 cm³/mol. The van der Waals surface area contributed by atoms with Gasteiger partial charge in [-0.25, -0.2) is 4.98 Å². The van der Waals surface area contributed by atoms with Crippen LogP contribution in [0.3, 0.4) is 0 Å². The Labute approximate surface area is 109 Å². The number of nitriles is 1. The van der Waals surface area contributed by atoms with Crippen molar-refractivity contribution in [2.75, 3.05) is 37.4 Å². The van der Waals surface area contributed by atoms with Crippen LogP contribution in [-0.2, 0) is 4.74 Å². The molecule has 0 saturated carbocycles. The van der Waals surface area contributed by atoms with Crippen LogP contribution in [0.25, 0.3) is 0 Å². The highest BCUT2D eigenvalue weighted by Gasteiger charge is 2.11. The topological polar surface area (TPSA) is 75.2 Å². The lowest BCUT2D eigenvalue weighted by Gasteiger charge is -2.23. The normalized spacial score (nSPS) is 9.94. The van der Waals surface area contributed by atoms with Gasteiger partial charge >= 0.3 is 0 Å². The molecule has 0 aromatic carbocycles. The van der Waals surface area contributed by atoms with Gasteiger partial charge in [0.2, 0.25) is 0 Å². The van der Waals surface area contributed by atoms with Gasteiger partial charge in [-0.05, 0) is 22.0 Å². The molecule has 0 saturated heterocycles. The molecule has 0 fully saturated rings. The highest BCUT2D eigenvalue weighted by Crippen LogP contribution is 2.23. The standard InChI is InChI=1S/C11H15BrN4O/c1-17-6-5-16(4-2-3-13)11-10(14)7-9(12)8-15-11/h7-8H,2,4-6,14H2,1H3. The van der Waals surface area contributed by atoms with Crippen LogP contribution >= 0.6 is 15.9 Å². The van der Waals surface area contributed by atoms with E-state index >= 15 is 0 Å². The van der Waals surface area contributed by atoms with Crippen LogP contribution in [0.5, 0.6) is 0 Å². The number of halogens is 1. The van der Waals surface area contributed by atoms with E-state index in [0.717, 1.165) is 4.47 Å². The van der Waals surface area contributed by atoms with Crippen LogP contribution in [0.4, 0.5) is 11.5 Å². The summed E-state index contributed by atoms with van der Waals surface area (Å²) >= 11 is 3.31. The van der Waals surface area contributed by atoms with Crippen molar-refractivity contribution in [1.29, 1.82) is 5.26 Å². The fourth-order valence-corrected chi connectivity index (χ4v) is 1.77. The largest absolute Gasteiger partial charge is 0.396 e. The number of aromatic nitrogens is 1. The summed E-state index contributed by atoms with van der Waals surface area (Å²) in [6.45, 7) is 1.83. The zero-order valence-electron chi connectivity index (χ0n) is 9.69. The molecule has 1 aromatic rings. The van der Waals surface area contributed by atoms with E-state index in [1.165, 1.54) is 0 Å². The summed E-state index contributed by atoms with van der Waals surface area (Å²) in [5, 5.41) is 8.63. The van der Waals surface area contributed by atoms with E-state index < -0.39 is 0 Å². The third-order valence-corrected chi connectivity index (χ3v) is 2.65. The maximum atomic E-state index is 8.63. The Morgan fingerprint density at radius 3 is 2.94 bits per heavy atom. The van der Waals surface area contributed by atoms with Crippen molar-refractivity contribution < 1.29 is 4.74 Å². The average molecular weight is 299 g/mol. The van der Waals surface area contributed by atoms with Crippen LogP contribution < -0.4 is 10.6 Å². The molecule has 6 heteroatoms. The summed E-state index contributed by atoms with van der Waals surface area (Å²) in [6.07, 6.45) is 2.12. The number of hydrogen-bond donors (Lipinski definition) is 1. The van der Waals surface area contributed by atoms with E-state index in [-0.39, 0.29) is 0 Å². The summed E-state index contributed by atoms with van der Waals surface area (Å²) < 4.78 is 5.87. The van der Waals surface area contributed by atoms with Gasteiger partial charge in [-0.2, -0.15) is 5.26 Å². The van der Waals surface area contributed by atoms with Crippen molar-refractivity contribution >= 4 is 27.4 Å². The van der Waals surface area contributed by atoms with Gasteiger partial charge in [0.1, 0.15) is 0 Å². The molecule has 0 aliphatic carbocycles. The van der Waals surface area contributed by atoms with E-state index in [9.17, 15) is 0 Å². The molecule has 0 unspecified atom stereocenters. The minimum atomic E-state index is 0.431. The molecule has 1 rings (SSSR count). The highest BCUT2D eigenvalue weighted by molar-refractivity contribution is 9.10. The second-order valence-electron chi connectivity index (χ2n) is 3.45. The molecule has 0 bridgehead atoms. The molecule has 0 radical (unpaired) electrons. The monoisotopic (exact) mass is 298 g/mol. The molecule has 0 spiro atoms. The van der Waals surface area contributed by atoms with Gasteiger partial charge in [-0.1, -0.05) is 0 Å².